The number of amides is 1. The molecule has 3 fully saturated rings. The lowest BCUT2D eigenvalue weighted by Crippen LogP contribution is -2.35. The Labute approximate surface area is 220 Å². The highest BCUT2D eigenvalue weighted by molar-refractivity contribution is 7.92. The van der Waals surface area contributed by atoms with Gasteiger partial charge >= 0.3 is 0 Å². The molecule has 200 valence electrons. The lowest BCUT2D eigenvalue weighted by atomic mass is 10.1. The van der Waals surface area contributed by atoms with Crippen molar-refractivity contribution >= 4 is 37.9 Å². The topological polar surface area (TPSA) is 123 Å². The summed E-state index contributed by atoms with van der Waals surface area (Å²) in [7, 11) is -3.50. The standard InChI is InChI=1S/C24H31N5O6S2/c30-23(26-24-25-15-19(36-24)16-28-6-11-33-12-7-28)22(27-29-8-13-34-14-9-29)18-1-3-20(4-2-18)37(31,32)21-5-10-35-17-21/h1-4,15,21H,5-14,16-17H2,(H,25,26,30)/t21-/m0/s1. The molecule has 0 aliphatic carbocycles. The number of morpholine rings is 2. The zero-order valence-corrected chi connectivity index (χ0v) is 22.1. The third-order valence-electron chi connectivity index (χ3n) is 6.48. The van der Waals surface area contributed by atoms with Gasteiger partial charge in [0.2, 0.25) is 0 Å². The Hall–Kier alpha value is -2.42. The first-order chi connectivity index (χ1) is 18.0. The Bertz CT molecular complexity index is 1200. The number of nitrogens with one attached hydrogen (secondary N) is 1. The fourth-order valence-corrected chi connectivity index (χ4v) is 6.79. The van der Waals surface area contributed by atoms with E-state index >= 15 is 0 Å². The molecule has 3 aliphatic rings. The van der Waals surface area contributed by atoms with Crippen molar-refractivity contribution in [3.05, 3.63) is 40.9 Å². The van der Waals surface area contributed by atoms with E-state index < -0.39 is 21.0 Å². The van der Waals surface area contributed by atoms with Crippen LogP contribution in [-0.4, -0.2) is 106 Å². The van der Waals surface area contributed by atoms with Crippen LogP contribution in [0.4, 0.5) is 5.13 Å². The quantitative estimate of drug-likeness (QED) is 0.484. The Morgan fingerprint density at radius 3 is 2.41 bits per heavy atom. The Kier molecular flexibility index (Phi) is 8.47. The first-order valence-corrected chi connectivity index (χ1v) is 14.7. The highest BCUT2D eigenvalue weighted by atomic mass is 32.2. The minimum Gasteiger partial charge on any atom is -0.380 e. The molecule has 1 atom stereocenters. The van der Waals surface area contributed by atoms with Crippen molar-refractivity contribution < 1.29 is 27.4 Å². The molecule has 0 saturated carbocycles. The molecule has 1 N–H and O–H groups in total. The van der Waals surface area contributed by atoms with E-state index in [0.29, 0.717) is 50.0 Å². The lowest BCUT2D eigenvalue weighted by Gasteiger charge is -2.25. The zero-order chi connectivity index (χ0) is 25.7. The predicted octanol–water partition coefficient (Wildman–Crippen LogP) is 1.21. The van der Waals surface area contributed by atoms with E-state index in [1.165, 1.54) is 23.5 Å². The summed E-state index contributed by atoms with van der Waals surface area (Å²) < 4.78 is 41.9. The van der Waals surface area contributed by atoms with Gasteiger partial charge < -0.3 is 14.2 Å². The summed E-state index contributed by atoms with van der Waals surface area (Å²) >= 11 is 1.43. The van der Waals surface area contributed by atoms with Crippen LogP contribution < -0.4 is 5.32 Å². The molecule has 13 heteroatoms. The zero-order valence-electron chi connectivity index (χ0n) is 20.5. The maximum absolute atomic E-state index is 13.4. The third-order valence-corrected chi connectivity index (χ3v) is 9.56. The van der Waals surface area contributed by atoms with Gasteiger partial charge in [0.15, 0.2) is 20.7 Å². The van der Waals surface area contributed by atoms with Crippen LogP contribution in [0.3, 0.4) is 0 Å². The summed E-state index contributed by atoms with van der Waals surface area (Å²) in [6, 6.07) is 6.34. The van der Waals surface area contributed by atoms with Crippen molar-refractivity contribution in [2.45, 2.75) is 23.1 Å². The van der Waals surface area contributed by atoms with Crippen LogP contribution in [-0.2, 0) is 35.4 Å². The van der Waals surface area contributed by atoms with Crippen molar-refractivity contribution in [3.8, 4) is 0 Å². The first-order valence-electron chi connectivity index (χ1n) is 12.4. The second-order valence-electron chi connectivity index (χ2n) is 9.04. The second kappa shape index (κ2) is 12.0. The van der Waals surface area contributed by atoms with E-state index in [0.717, 1.165) is 37.7 Å². The van der Waals surface area contributed by atoms with Gasteiger partial charge in [-0.2, -0.15) is 5.10 Å². The maximum atomic E-state index is 13.4. The van der Waals surface area contributed by atoms with E-state index in [2.05, 4.69) is 20.3 Å². The number of hydrogen-bond acceptors (Lipinski definition) is 11. The minimum atomic E-state index is -3.50. The number of ether oxygens (including phenoxy) is 3. The van der Waals surface area contributed by atoms with Gasteiger partial charge in [-0.1, -0.05) is 12.1 Å². The molecule has 0 unspecified atom stereocenters. The van der Waals surface area contributed by atoms with E-state index in [9.17, 15) is 13.2 Å². The Balaban J connectivity index is 1.33. The molecule has 0 bridgehead atoms. The minimum absolute atomic E-state index is 0.194. The van der Waals surface area contributed by atoms with Crippen molar-refractivity contribution in [2.24, 2.45) is 5.10 Å². The van der Waals surface area contributed by atoms with Crippen molar-refractivity contribution in [3.63, 3.8) is 0 Å². The normalized spacial score (nSPS) is 21.8. The van der Waals surface area contributed by atoms with Gasteiger partial charge in [-0.3, -0.25) is 20.0 Å². The SMILES string of the molecule is O=C(Nc1ncc(CN2CCOCC2)s1)C(=NN1CCOCC1)c1ccc(S(=O)(=O)[C@H]2CCOC2)cc1. The summed E-state index contributed by atoms with van der Waals surface area (Å²) in [6.45, 7) is 6.76. The highest BCUT2D eigenvalue weighted by Gasteiger charge is 2.31. The molecule has 2 aromatic rings. The van der Waals surface area contributed by atoms with E-state index in [-0.39, 0.29) is 17.2 Å². The molecule has 1 amide bonds. The average molecular weight is 550 g/mol. The van der Waals surface area contributed by atoms with Gasteiger partial charge in [-0.15, -0.1) is 11.3 Å². The smallest absolute Gasteiger partial charge is 0.278 e. The van der Waals surface area contributed by atoms with Crippen LogP contribution in [0.25, 0.3) is 0 Å². The third kappa shape index (κ3) is 6.54. The molecule has 1 aromatic carbocycles. The molecule has 3 aliphatic heterocycles. The number of thiazole rings is 1. The summed E-state index contributed by atoms with van der Waals surface area (Å²) in [5.41, 5.74) is 0.718. The summed E-state index contributed by atoms with van der Waals surface area (Å²) in [6.07, 6.45) is 2.26. The molecule has 1 aromatic heterocycles. The maximum Gasteiger partial charge on any atom is 0.278 e. The van der Waals surface area contributed by atoms with Crippen molar-refractivity contribution in [2.75, 3.05) is 71.1 Å². The van der Waals surface area contributed by atoms with Gasteiger partial charge in [0, 0.05) is 42.9 Å². The number of aromatic nitrogens is 1. The Morgan fingerprint density at radius 1 is 1.03 bits per heavy atom. The van der Waals surface area contributed by atoms with Crippen LogP contribution in [0.2, 0.25) is 0 Å². The van der Waals surface area contributed by atoms with Crippen molar-refractivity contribution in [1.29, 1.82) is 0 Å². The predicted molar refractivity (Wildman–Crippen MR) is 139 cm³/mol. The van der Waals surface area contributed by atoms with Gasteiger partial charge in [-0.05, 0) is 18.6 Å². The lowest BCUT2D eigenvalue weighted by molar-refractivity contribution is -0.110. The number of rotatable bonds is 8. The van der Waals surface area contributed by atoms with Crippen LogP contribution in [0, 0.1) is 0 Å². The summed E-state index contributed by atoms with van der Waals surface area (Å²) in [5, 5.41) is 9.24. The van der Waals surface area contributed by atoms with E-state index in [1.807, 2.05) is 0 Å². The highest BCUT2D eigenvalue weighted by Crippen LogP contribution is 2.24. The van der Waals surface area contributed by atoms with E-state index in [1.54, 1.807) is 23.3 Å². The molecule has 5 rings (SSSR count). The molecule has 3 saturated heterocycles. The molecule has 0 radical (unpaired) electrons. The first kappa shape index (κ1) is 26.2. The number of carbonyl (C=O) groups is 1. The molecular formula is C24H31N5O6S2. The molecular weight excluding hydrogens is 518 g/mol. The second-order valence-corrected chi connectivity index (χ2v) is 12.4. The summed E-state index contributed by atoms with van der Waals surface area (Å²) in [5.74, 6) is -0.404. The fraction of sp³-hybridized carbons (Fsp3) is 0.542. The largest absolute Gasteiger partial charge is 0.380 e. The number of sulfone groups is 1. The average Bonchev–Trinajstić information content (AvgIpc) is 3.62. The number of hydrogen-bond donors (Lipinski definition) is 1. The van der Waals surface area contributed by atoms with E-state index in [4.69, 9.17) is 14.2 Å². The fourth-order valence-electron chi connectivity index (χ4n) is 4.36. The van der Waals surface area contributed by atoms with Gasteiger partial charge in [0.05, 0.1) is 56.3 Å². The number of benzene rings is 1. The summed E-state index contributed by atoms with van der Waals surface area (Å²) in [4.78, 5) is 21.3. The van der Waals surface area contributed by atoms with Gasteiger partial charge in [0.25, 0.3) is 5.91 Å². The van der Waals surface area contributed by atoms with Crippen LogP contribution >= 0.6 is 11.3 Å². The molecule has 0 spiro atoms. The van der Waals surface area contributed by atoms with Crippen LogP contribution in [0.15, 0.2) is 40.5 Å². The molecule has 11 nitrogen and oxygen atoms in total. The number of carbonyl (C=O) groups excluding carboxylic acids is 1. The van der Waals surface area contributed by atoms with Crippen LogP contribution in [0.1, 0.15) is 16.9 Å². The number of anilines is 1. The van der Waals surface area contributed by atoms with Crippen LogP contribution in [0.5, 0.6) is 0 Å². The molecule has 4 heterocycles. The molecule has 37 heavy (non-hydrogen) atoms. The Morgan fingerprint density at radius 2 is 1.73 bits per heavy atom. The van der Waals surface area contributed by atoms with Gasteiger partial charge in [0.1, 0.15) is 0 Å². The number of hydrazone groups is 1. The number of nitrogens with zero attached hydrogens (tertiary/aromatic N) is 4. The monoisotopic (exact) mass is 549 g/mol. The van der Waals surface area contributed by atoms with Crippen molar-refractivity contribution in [1.82, 2.24) is 14.9 Å². The van der Waals surface area contributed by atoms with Gasteiger partial charge in [-0.25, -0.2) is 13.4 Å².